The fourth-order valence-corrected chi connectivity index (χ4v) is 3.75. The Kier molecular flexibility index (Phi) is 6.55. The Balaban J connectivity index is 1.62. The maximum absolute atomic E-state index is 12.6. The van der Waals surface area contributed by atoms with E-state index in [4.69, 9.17) is 0 Å². The Labute approximate surface area is 177 Å². The first-order valence-electron chi connectivity index (χ1n) is 9.37. The minimum atomic E-state index is -3.74. The Morgan fingerprint density at radius 1 is 0.900 bits per heavy atom. The van der Waals surface area contributed by atoms with E-state index in [1.165, 1.54) is 24.3 Å². The summed E-state index contributed by atoms with van der Waals surface area (Å²) >= 11 is 0. The number of anilines is 1. The number of hydrogen-bond donors (Lipinski definition) is 2. The molecule has 30 heavy (non-hydrogen) atoms. The quantitative estimate of drug-likeness (QED) is 0.618. The van der Waals surface area contributed by atoms with Crippen LogP contribution >= 0.6 is 0 Å². The highest BCUT2D eigenvalue weighted by Gasteiger charge is 2.15. The van der Waals surface area contributed by atoms with Gasteiger partial charge in [-0.3, -0.25) is 9.52 Å². The number of carbonyl (C=O) groups is 1. The number of carbonyl (C=O) groups excluding carboxylic acids is 1. The highest BCUT2D eigenvalue weighted by Crippen LogP contribution is 2.19. The summed E-state index contributed by atoms with van der Waals surface area (Å²) in [5.74, 6) is 5.53. The van der Waals surface area contributed by atoms with Gasteiger partial charge < -0.3 is 5.32 Å². The van der Waals surface area contributed by atoms with Crippen LogP contribution in [0.5, 0.6) is 0 Å². The average Bonchev–Trinajstić information content (AvgIpc) is 2.74. The van der Waals surface area contributed by atoms with Gasteiger partial charge in [0.2, 0.25) is 0 Å². The molecule has 0 bridgehead atoms. The van der Waals surface area contributed by atoms with Crippen molar-refractivity contribution in [1.82, 2.24) is 5.32 Å². The first-order valence-corrected chi connectivity index (χ1v) is 10.9. The summed E-state index contributed by atoms with van der Waals surface area (Å²) in [6.07, 6.45) is 0. The molecule has 152 valence electrons. The third-order valence-electron chi connectivity index (χ3n) is 4.53. The van der Waals surface area contributed by atoms with Crippen molar-refractivity contribution in [2.24, 2.45) is 0 Å². The van der Waals surface area contributed by atoms with Crippen molar-refractivity contribution in [3.05, 3.63) is 95.1 Å². The highest BCUT2D eigenvalue weighted by molar-refractivity contribution is 7.92. The first-order chi connectivity index (χ1) is 14.3. The summed E-state index contributed by atoms with van der Waals surface area (Å²) in [4.78, 5) is 12.3. The van der Waals surface area contributed by atoms with Crippen LogP contribution in [0.15, 0.2) is 77.7 Å². The zero-order valence-corrected chi connectivity index (χ0v) is 17.6. The monoisotopic (exact) mass is 418 g/mol. The van der Waals surface area contributed by atoms with E-state index in [0.29, 0.717) is 11.3 Å². The summed E-state index contributed by atoms with van der Waals surface area (Å²) in [5, 5.41) is 2.70. The molecule has 3 aromatic carbocycles. The fraction of sp³-hybridized carbons (Fsp3) is 0.125. The molecule has 0 aromatic heterocycles. The topological polar surface area (TPSA) is 75.3 Å². The van der Waals surface area contributed by atoms with Gasteiger partial charge in [-0.1, -0.05) is 36.1 Å². The second-order valence-electron chi connectivity index (χ2n) is 6.78. The molecule has 2 N–H and O–H groups in total. The van der Waals surface area contributed by atoms with Crippen molar-refractivity contribution in [2.75, 3.05) is 11.3 Å². The molecular weight excluding hydrogens is 396 g/mol. The Morgan fingerprint density at radius 2 is 1.60 bits per heavy atom. The number of rotatable bonds is 5. The average molecular weight is 419 g/mol. The maximum Gasteiger partial charge on any atom is 0.261 e. The van der Waals surface area contributed by atoms with Gasteiger partial charge in [-0.05, 0) is 73.5 Å². The van der Waals surface area contributed by atoms with Crippen molar-refractivity contribution < 1.29 is 13.2 Å². The summed E-state index contributed by atoms with van der Waals surface area (Å²) in [6, 6.07) is 20.6. The van der Waals surface area contributed by atoms with E-state index >= 15 is 0 Å². The zero-order valence-electron chi connectivity index (χ0n) is 16.8. The molecule has 5 nitrogen and oxygen atoms in total. The fourth-order valence-electron chi connectivity index (χ4n) is 2.70. The SMILES string of the molecule is Cc1ccc(NS(=O)(=O)c2ccc(C(=O)NCC#Cc3ccccc3)cc2)cc1C. The van der Waals surface area contributed by atoms with E-state index in [1.54, 1.807) is 12.1 Å². The normalized spacial score (nSPS) is 10.6. The zero-order chi connectivity index (χ0) is 21.6. The summed E-state index contributed by atoms with van der Waals surface area (Å²) in [7, 11) is -3.74. The number of sulfonamides is 1. The highest BCUT2D eigenvalue weighted by atomic mass is 32.2. The molecule has 0 aliphatic carbocycles. The molecule has 0 unspecified atom stereocenters. The molecule has 3 rings (SSSR count). The van der Waals surface area contributed by atoms with E-state index in [-0.39, 0.29) is 17.3 Å². The van der Waals surface area contributed by atoms with Gasteiger partial charge >= 0.3 is 0 Å². The first kappa shape index (κ1) is 21.2. The van der Waals surface area contributed by atoms with Crippen molar-refractivity contribution in [1.29, 1.82) is 0 Å². The molecule has 0 heterocycles. The molecule has 0 atom stereocenters. The van der Waals surface area contributed by atoms with Gasteiger partial charge in [0.25, 0.3) is 15.9 Å². The molecular formula is C24H22N2O3S. The van der Waals surface area contributed by atoms with Crippen molar-refractivity contribution in [2.45, 2.75) is 18.7 Å². The predicted octanol–water partition coefficient (Wildman–Crippen LogP) is 3.89. The van der Waals surface area contributed by atoms with Crippen molar-refractivity contribution >= 4 is 21.6 Å². The van der Waals surface area contributed by atoms with Crippen LogP contribution in [-0.4, -0.2) is 20.9 Å². The van der Waals surface area contributed by atoms with Gasteiger partial charge in [0.15, 0.2) is 0 Å². The van der Waals surface area contributed by atoms with Crippen LogP contribution < -0.4 is 10.0 Å². The summed E-state index contributed by atoms with van der Waals surface area (Å²) in [6.45, 7) is 4.08. The number of benzene rings is 3. The van der Waals surface area contributed by atoms with E-state index in [2.05, 4.69) is 21.9 Å². The van der Waals surface area contributed by atoms with Crippen LogP contribution in [0.25, 0.3) is 0 Å². The smallest absolute Gasteiger partial charge is 0.261 e. The standard InChI is InChI=1S/C24H22N2O3S/c1-18-10-13-22(17-19(18)2)26-30(28,29)23-14-11-21(12-15-23)24(27)25-16-6-9-20-7-4-3-5-8-20/h3-5,7-8,10-15,17,26H,16H2,1-2H3,(H,25,27). The Bertz CT molecular complexity index is 1210. The second-order valence-corrected chi connectivity index (χ2v) is 8.46. The van der Waals surface area contributed by atoms with Crippen molar-refractivity contribution in [3.8, 4) is 11.8 Å². The lowest BCUT2D eigenvalue weighted by Gasteiger charge is -2.10. The van der Waals surface area contributed by atoms with Crippen molar-refractivity contribution in [3.63, 3.8) is 0 Å². The third kappa shape index (κ3) is 5.49. The maximum atomic E-state index is 12.6. The van der Waals surface area contributed by atoms with Crippen LogP contribution in [0.2, 0.25) is 0 Å². The van der Waals surface area contributed by atoms with Crippen LogP contribution in [-0.2, 0) is 10.0 Å². The number of aryl methyl sites for hydroxylation is 2. The van der Waals surface area contributed by atoms with Gasteiger partial charge in [0.1, 0.15) is 0 Å². The molecule has 0 aliphatic heterocycles. The molecule has 0 saturated heterocycles. The van der Waals surface area contributed by atoms with Gasteiger partial charge in [0, 0.05) is 16.8 Å². The molecule has 0 fully saturated rings. The minimum absolute atomic E-state index is 0.0844. The summed E-state index contributed by atoms with van der Waals surface area (Å²) in [5.41, 5.74) is 3.82. The van der Waals surface area contributed by atoms with Gasteiger partial charge in [-0.2, -0.15) is 0 Å². The molecule has 0 aliphatic rings. The van der Waals surface area contributed by atoms with Crippen LogP contribution in [0, 0.1) is 25.7 Å². The molecule has 1 amide bonds. The van der Waals surface area contributed by atoms with Gasteiger partial charge in [0.05, 0.1) is 11.4 Å². The predicted molar refractivity (Wildman–Crippen MR) is 119 cm³/mol. The molecule has 6 heteroatoms. The Hall–Kier alpha value is -3.56. The van der Waals surface area contributed by atoms with E-state index in [9.17, 15) is 13.2 Å². The number of amides is 1. The van der Waals surface area contributed by atoms with E-state index < -0.39 is 10.0 Å². The van der Waals surface area contributed by atoms with Crippen LogP contribution in [0.4, 0.5) is 5.69 Å². The molecule has 0 radical (unpaired) electrons. The minimum Gasteiger partial charge on any atom is -0.341 e. The third-order valence-corrected chi connectivity index (χ3v) is 5.93. The second kappa shape index (κ2) is 9.29. The molecule has 3 aromatic rings. The lowest BCUT2D eigenvalue weighted by atomic mass is 10.1. The van der Waals surface area contributed by atoms with Crippen LogP contribution in [0.1, 0.15) is 27.0 Å². The van der Waals surface area contributed by atoms with Gasteiger partial charge in [-0.15, -0.1) is 0 Å². The van der Waals surface area contributed by atoms with E-state index in [0.717, 1.165) is 16.7 Å². The Morgan fingerprint density at radius 3 is 2.27 bits per heavy atom. The van der Waals surface area contributed by atoms with Crippen LogP contribution in [0.3, 0.4) is 0 Å². The molecule has 0 saturated carbocycles. The largest absolute Gasteiger partial charge is 0.341 e. The number of hydrogen-bond acceptors (Lipinski definition) is 3. The van der Waals surface area contributed by atoms with Gasteiger partial charge in [-0.25, -0.2) is 8.42 Å². The lowest BCUT2D eigenvalue weighted by Crippen LogP contribution is -2.23. The number of nitrogens with one attached hydrogen (secondary N) is 2. The molecule has 0 spiro atoms. The summed E-state index contributed by atoms with van der Waals surface area (Å²) < 4.78 is 27.8. The van der Waals surface area contributed by atoms with E-state index in [1.807, 2.05) is 50.2 Å². The lowest BCUT2D eigenvalue weighted by molar-refractivity contribution is 0.0958.